The standard InChI is InChI=1S/C21H18FN3O2S2/c1-27-18-8-2-14(3-9-18)20(26)25-10-11-28-19(25)12-17-13-29-21(24-17)23-16-6-4-15(22)5-7-16/h2-9,12-13H,10-11H2,1H3,(H,23,24)/b19-12+. The Hall–Kier alpha value is -2.84. The molecule has 29 heavy (non-hydrogen) atoms. The van der Waals surface area contributed by atoms with Crippen molar-refractivity contribution >= 4 is 45.9 Å². The Kier molecular flexibility index (Phi) is 5.82. The van der Waals surface area contributed by atoms with Gasteiger partial charge in [-0.2, -0.15) is 0 Å². The van der Waals surface area contributed by atoms with Crippen molar-refractivity contribution in [3.8, 4) is 5.75 Å². The zero-order chi connectivity index (χ0) is 20.2. The van der Waals surface area contributed by atoms with Gasteiger partial charge >= 0.3 is 0 Å². The van der Waals surface area contributed by atoms with Crippen LogP contribution < -0.4 is 10.1 Å². The minimum Gasteiger partial charge on any atom is -0.497 e. The number of thiazole rings is 1. The van der Waals surface area contributed by atoms with Crippen LogP contribution in [0.2, 0.25) is 0 Å². The van der Waals surface area contributed by atoms with Crippen LogP contribution in [0.5, 0.6) is 5.75 Å². The highest BCUT2D eigenvalue weighted by Gasteiger charge is 2.25. The number of nitrogens with zero attached hydrogens (tertiary/aromatic N) is 2. The number of methoxy groups -OCH3 is 1. The maximum absolute atomic E-state index is 13.0. The lowest BCUT2D eigenvalue weighted by Gasteiger charge is -2.17. The largest absolute Gasteiger partial charge is 0.497 e. The van der Waals surface area contributed by atoms with Crippen molar-refractivity contribution in [1.29, 1.82) is 0 Å². The van der Waals surface area contributed by atoms with Crippen LogP contribution in [0.4, 0.5) is 15.2 Å². The highest BCUT2D eigenvalue weighted by atomic mass is 32.2. The van der Waals surface area contributed by atoms with Gasteiger partial charge in [-0.25, -0.2) is 9.37 Å². The number of rotatable bonds is 5. The van der Waals surface area contributed by atoms with E-state index in [2.05, 4.69) is 10.3 Å². The predicted molar refractivity (Wildman–Crippen MR) is 116 cm³/mol. The quantitative estimate of drug-likeness (QED) is 0.605. The smallest absolute Gasteiger partial charge is 0.258 e. The second-order valence-corrected chi connectivity index (χ2v) is 8.20. The molecule has 1 saturated heterocycles. The van der Waals surface area contributed by atoms with Crippen LogP contribution in [-0.2, 0) is 0 Å². The van der Waals surface area contributed by atoms with Crippen LogP contribution in [0.3, 0.4) is 0 Å². The van der Waals surface area contributed by atoms with E-state index >= 15 is 0 Å². The van der Waals surface area contributed by atoms with Crippen LogP contribution >= 0.6 is 23.1 Å². The summed E-state index contributed by atoms with van der Waals surface area (Å²) in [5, 5.41) is 6.67. The van der Waals surface area contributed by atoms with Gasteiger partial charge in [-0.1, -0.05) is 0 Å². The molecule has 2 heterocycles. The van der Waals surface area contributed by atoms with Gasteiger partial charge in [0, 0.05) is 28.9 Å². The van der Waals surface area contributed by atoms with Gasteiger partial charge < -0.3 is 15.0 Å². The summed E-state index contributed by atoms with van der Waals surface area (Å²) < 4.78 is 18.2. The number of hydrogen-bond donors (Lipinski definition) is 1. The third-order valence-electron chi connectivity index (χ3n) is 4.30. The van der Waals surface area contributed by atoms with E-state index in [-0.39, 0.29) is 11.7 Å². The van der Waals surface area contributed by atoms with Gasteiger partial charge in [0.15, 0.2) is 5.13 Å². The van der Waals surface area contributed by atoms with Crippen LogP contribution in [0.1, 0.15) is 16.1 Å². The highest BCUT2D eigenvalue weighted by Crippen LogP contribution is 2.32. The monoisotopic (exact) mass is 427 g/mol. The fourth-order valence-corrected chi connectivity index (χ4v) is 4.54. The Bertz CT molecular complexity index is 1030. The fraction of sp³-hybridized carbons (Fsp3) is 0.143. The number of thioether (sulfide) groups is 1. The molecule has 1 amide bonds. The summed E-state index contributed by atoms with van der Waals surface area (Å²) in [7, 11) is 1.60. The number of carbonyl (C=O) groups excluding carboxylic acids is 1. The number of anilines is 2. The molecule has 0 aliphatic carbocycles. The van der Waals surface area contributed by atoms with Crippen molar-refractivity contribution in [3.63, 3.8) is 0 Å². The van der Waals surface area contributed by atoms with Crippen molar-refractivity contribution in [2.24, 2.45) is 0 Å². The summed E-state index contributed by atoms with van der Waals surface area (Å²) in [6, 6.07) is 13.2. The van der Waals surface area contributed by atoms with Crippen molar-refractivity contribution in [2.45, 2.75) is 0 Å². The molecule has 0 saturated carbocycles. The maximum atomic E-state index is 13.0. The molecule has 3 aromatic rings. The normalized spacial score (nSPS) is 15.0. The van der Waals surface area contributed by atoms with E-state index in [1.165, 1.54) is 23.5 Å². The van der Waals surface area contributed by atoms with E-state index < -0.39 is 0 Å². The molecule has 1 aromatic heterocycles. The fourth-order valence-electron chi connectivity index (χ4n) is 2.83. The molecule has 1 aliphatic heterocycles. The summed E-state index contributed by atoms with van der Waals surface area (Å²) in [4.78, 5) is 19.2. The van der Waals surface area contributed by atoms with Crippen molar-refractivity contribution in [3.05, 3.63) is 76.0 Å². The first-order chi connectivity index (χ1) is 14.1. The molecule has 4 rings (SSSR count). The zero-order valence-electron chi connectivity index (χ0n) is 15.6. The van der Waals surface area contributed by atoms with Crippen molar-refractivity contribution in [2.75, 3.05) is 24.7 Å². The van der Waals surface area contributed by atoms with E-state index in [9.17, 15) is 9.18 Å². The summed E-state index contributed by atoms with van der Waals surface area (Å²) in [6.07, 6.45) is 1.92. The number of ether oxygens (including phenoxy) is 1. The molecule has 0 bridgehead atoms. The summed E-state index contributed by atoms with van der Waals surface area (Å²) >= 11 is 3.09. The molecular formula is C21H18FN3O2S2. The lowest BCUT2D eigenvalue weighted by Crippen LogP contribution is -2.26. The molecular weight excluding hydrogens is 409 g/mol. The average molecular weight is 428 g/mol. The minimum absolute atomic E-state index is 0.0382. The SMILES string of the molecule is COc1ccc(C(=O)N2CCS/C2=C/c2csc(Nc3ccc(F)cc3)n2)cc1. The number of carbonyl (C=O) groups is 1. The first-order valence-electron chi connectivity index (χ1n) is 8.91. The van der Waals surface area contributed by atoms with E-state index in [0.717, 1.165) is 27.9 Å². The molecule has 0 spiro atoms. The molecule has 1 fully saturated rings. The second kappa shape index (κ2) is 8.67. The Morgan fingerprint density at radius 1 is 1.21 bits per heavy atom. The predicted octanol–water partition coefficient (Wildman–Crippen LogP) is 5.22. The number of benzene rings is 2. The van der Waals surface area contributed by atoms with Gasteiger partial charge in [-0.3, -0.25) is 4.79 Å². The Labute approximate surface area is 176 Å². The van der Waals surface area contributed by atoms with Crippen LogP contribution in [0, 0.1) is 5.82 Å². The van der Waals surface area contributed by atoms with Gasteiger partial charge in [0.05, 0.1) is 17.8 Å². The zero-order valence-corrected chi connectivity index (χ0v) is 17.2. The van der Waals surface area contributed by atoms with E-state index in [0.29, 0.717) is 17.2 Å². The molecule has 8 heteroatoms. The van der Waals surface area contributed by atoms with Gasteiger partial charge in [0.1, 0.15) is 11.6 Å². The minimum atomic E-state index is -0.278. The van der Waals surface area contributed by atoms with Gasteiger partial charge in [0.25, 0.3) is 5.91 Å². The molecule has 1 N–H and O–H groups in total. The third kappa shape index (κ3) is 4.60. The summed E-state index contributed by atoms with van der Waals surface area (Å²) in [5.74, 6) is 1.25. The van der Waals surface area contributed by atoms with Crippen LogP contribution in [-0.4, -0.2) is 35.2 Å². The second-order valence-electron chi connectivity index (χ2n) is 6.23. The molecule has 1 aliphatic rings. The summed E-state index contributed by atoms with van der Waals surface area (Å²) in [5.41, 5.74) is 2.17. The van der Waals surface area contributed by atoms with E-state index in [1.807, 2.05) is 11.5 Å². The molecule has 0 atom stereocenters. The molecule has 0 radical (unpaired) electrons. The Morgan fingerprint density at radius 3 is 2.69 bits per heavy atom. The average Bonchev–Trinajstić information content (AvgIpc) is 3.39. The molecule has 2 aromatic carbocycles. The Morgan fingerprint density at radius 2 is 1.97 bits per heavy atom. The molecule has 0 unspecified atom stereocenters. The number of aromatic nitrogens is 1. The first-order valence-corrected chi connectivity index (χ1v) is 10.8. The van der Waals surface area contributed by atoms with Gasteiger partial charge in [-0.15, -0.1) is 23.1 Å². The number of amides is 1. The maximum Gasteiger partial charge on any atom is 0.258 e. The van der Waals surface area contributed by atoms with Crippen molar-refractivity contribution < 1.29 is 13.9 Å². The van der Waals surface area contributed by atoms with E-state index in [4.69, 9.17) is 4.74 Å². The van der Waals surface area contributed by atoms with E-state index in [1.54, 1.807) is 60.2 Å². The topological polar surface area (TPSA) is 54.5 Å². The molecule has 5 nitrogen and oxygen atoms in total. The number of hydrogen-bond acceptors (Lipinski definition) is 6. The third-order valence-corrected chi connectivity index (χ3v) is 6.10. The number of nitrogens with one attached hydrogen (secondary N) is 1. The summed E-state index contributed by atoms with van der Waals surface area (Å²) in [6.45, 7) is 0.659. The number of halogens is 1. The van der Waals surface area contributed by atoms with Gasteiger partial charge in [0.2, 0.25) is 0 Å². The highest BCUT2D eigenvalue weighted by molar-refractivity contribution is 8.03. The lowest BCUT2D eigenvalue weighted by atomic mass is 10.2. The first kappa shape index (κ1) is 19.5. The van der Waals surface area contributed by atoms with Gasteiger partial charge in [-0.05, 0) is 54.6 Å². The van der Waals surface area contributed by atoms with Crippen LogP contribution in [0.25, 0.3) is 6.08 Å². The molecule has 148 valence electrons. The van der Waals surface area contributed by atoms with Crippen molar-refractivity contribution in [1.82, 2.24) is 9.88 Å². The Balaban J connectivity index is 1.48. The van der Waals surface area contributed by atoms with Crippen LogP contribution in [0.15, 0.2) is 58.9 Å². The lowest BCUT2D eigenvalue weighted by molar-refractivity contribution is 0.0831.